The van der Waals surface area contributed by atoms with Crippen LogP contribution in [0.2, 0.25) is 0 Å². The molecule has 0 bridgehead atoms. The minimum absolute atomic E-state index is 0.134. The molecule has 0 aliphatic rings. The maximum absolute atomic E-state index is 11.9. The van der Waals surface area contributed by atoms with E-state index in [1.54, 1.807) is 14.2 Å². The van der Waals surface area contributed by atoms with Crippen LogP contribution in [0, 0.1) is 0 Å². The molecule has 2 aromatic rings. The van der Waals surface area contributed by atoms with Crippen LogP contribution in [0.3, 0.4) is 0 Å². The molecule has 6 heteroatoms. The standard InChI is InChI=1S/C21H26N2O4/c1-15(17-7-5-4-6-8-17)14-23-21(25)20(24)22-12-11-16-9-10-18(26-2)19(13-16)27-3/h4-10,13,15H,11-12,14H2,1-3H3,(H,22,24)(H,23,25)/t15-/m0/s1. The third-order valence-electron chi connectivity index (χ3n) is 4.29. The van der Waals surface area contributed by atoms with Gasteiger partial charge in [0.05, 0.1) is 14.2 Å². The Morgan fingerprint density at radius 2 is 1.59 bits per heavy atom. The molecule has 1 atom stereocenters. The molecule has 0 unspecified atom stereocenters. The summed E-state index contributed by atoms with van der Waals surface area (Å²) in [6.07, 6.45) is 0.583. The Morgan fingerprint density at radius 1 is 0.926 bits per heavy atom. The van der Waals surface area contributed by atoms with Crippen molar-refractivity contribution < 1.29 is 19.1 Å². The van der Waals surface area contributed by atoms with Crippen LogP contribution in [-0.2, 0) is 16.0 Å². The summed E-state index contributed by atoms with van der Waals surface area (Å²) in [6.45, 7) is 2.77. The van der Waals surface area contributed by atoms with Crippen molar-refractivity contribution >= 4 is 11.8 Å². The quantitative estimate of drug-likeness (QED) is 0.699. The van der Waals surface area contributed by atoms with E-state index >= 15 is 0 Å². The molecule has 0 saturated heterocycles. The second kappa shape index (κ2) is 10.2. The predicted molar refractivity (Wildman–Crippen MR) is 104 cm³/mol. The van der Waals surface area contributed by atoms with Gasteiger partial charge in [0.25, 0.3) is 0 Å². The van der Waals surface area contributed by atoms with Gasteiger partial charge in [0, 0.05) is 13.1 Å². The Labute approximate surface area is 159 Å². The van der Waals surface area contributed by atoms with Gasteiger partial charge in [0.2, 0.25) is 0 Å². The minimum atomic E-state index is -0.629. The van der Waals surface area contributed by atoms with Crippen molar-refractivity contribution in [3.8, 4) is 11.5 Å². The number of benzene rings is 2. The molecule has 2 rings (SSSR count). The van der Waals surface area contributed by atoms with Crippen LogP contribution in [0.5, 0.6) is 11.5 Å². The lowest BCUT2D eigenvalue weighted by molar-refractivity contribution is -0.139. The summed E-state index contributed by atoms with van der Waals surface area (Å²) < 4.78 is 10.5. The van der Waals surface area contributed by atoms with E-state index in [-0.39, 0.29) is 5.92 Å². The number of carbonyl (C=O) groups is 2. The minimum Gasteiger partial charge on any atom is -0.493 e. The molecule has 0 fully saturated rings. The van der Waals surface area contributed by atoms with Crippen LogP contribution in [0.25, 0.3) is 0 Å². The molecule has 6 nitrogen and oxygen atoms in total. The zero-order valence-corrected chi connectivity index (χ0v) is 16.0. The van der Waals surface area contributed by atoms with E-state index in [1.807, 2.05) is 55.5 Å². The van der Waals surface area contributed by atoms with Crippen molar-refractivity contribution in [2.45, 2.75) is 19.3 Å². The van der Waals surface area contributed by atoms with E-state index in [4.69, 9.17) is 9.47 Å². The Hall–Kier alpha value is -3.02. The number of ether oxygens (including phenoxy) is 2. The monoisotopic (exact) mass is 370 g/mol. The molecule has 2 N–H and O–H groups in total. The molecule has 0 radical (unpaired) electrons. The molecule has 2 aromatic carbocycles. The van der Waals surface area contributed by atoms with Crippen molar-refractivity contribution in [2.75, 3.05) is 27.3 Å². The van der Waals surface area contributed by atoms with Crippen LogP contribution in [0.15, 0.2) is 48.5 Å². The first kappa shape index (κ1) is 20.3. The number of amides is 2. The summed E-state index contributed by atoms with van der Waals surface area (Å²) in [5, 5.41) is 5.31. The van der Waals surface area contributed by atoms with E-state index < -0.39 is 11.8 Å². The average molecular weight is 370 g/mol. The van der Waals surface area contributed by atoms with E-state index in [1.165, 1.54) is 0 Å². The molecule has 0 aliphatic carbocycles. The molecule has 2 amide bonds. The van der Waals surface area contributed by atoms with Gasteiger partial charge in [0.15, 0.2) is 11.5 Å². The molecule has 0 saturated carbocycles. The Bertz CT molecular complexity index is 762. The molecule has 27 heavy (non-hydrogen) atoms. The maximum atomic E-state index is 11.9. The number of carbonyl (C=O) groups excluding carboxylic acids is 2. The number of nitrogens with one attached hydrogen (secondary N) is 2. The van der Waals surface area contributed by atoms with Crippen LogP contribution in [0.1, 0.15) is 24.0 Å². The fourth-order valence-electron chi connectivity index (χ4n) is 2.66. The van der Waals surface area contributed by atoms with Crippen molar-refractivity contribution in [1.29, 1.82) is 0 Å². The van der Waals surface area contributed by atoms with Gasteiger partial charge >= 0.3 is 11.8 Å². The second-order valence-electron chi connectivity index (χ2n) is 6.22. The van der Waals surface area contributed by atoms with Crippen LogP contribution < -0.4 is 20.1 Å². The Kier molecular flexibility index (Phi) is 7.67. The second-order valence-corrected chi connectivity index (χ2v) is 6.22. The van der Waals surface area contributed by atoms with Gasteiger partial charge in [-0.1, -0.05) is 43.3 Å². The fraction of sp³-hybridized carbons (Fsp3) is 0.333. The number of rotatable bonds is 8. The van der Waals surface area contributed by atoms with Crippen molar-refractivity contribution in [3.63, 3.8) is 0 Å². The van der Waals surface area contributed by atoms with E-state index in [0.29, 0.717) is 31.0 Å². The SMILES string of the molecule is COc1ccc(CCNC(=O)C(=O)NC[C@H](C)c2ccccc2)cc1OC. The van der Waals surface area contributed by atoms with Gasteiger partial charge in [-0.05, 0) is 35.6 Å². The summed E-state index contributed by atoms with van der Waals surface area (Å²) in [4.78, 5) is 23.9. The van der Waals surface area contributed by atoms with Crippen LogP contribution >= 0.6 is 0 Å². The van der Waals surface area contributed by atoms with Gasteiger partial charge in [-0.25, -0.2) is 0 Å². The highest BCUT2D eigenvalue weighted by Gasteiger charge is 2.14. The summed E-state index contributed by atoms with van der Waals surface area (Å²) in [7, 11) is 3.15. The van der Waals surface area contributed by atoms with Crippen LogP contribution in [0.4, 0.5) is 0 Å². The van der Waals surface area contributed by atoms with Gasteiger partial charge < -0.3 is 20.1 Å². The maximum Gasteiger partial charge on any atom is 0.309 e. The number of hydrogen-bond donors (Lipinski definition) is 2. The zero-order valence-electron chi connectivity index (χ0n) is 16.0. The molecule has 0 aliphatic heterocycles. The van der Waals surface area contributed by atoms with Gasteiger partial charge in [-0.2, -0.15) is 0 Å². The van der Waals surface area contributed by atoms with Crippen molar-refractivity contribution in [2.24, 2.45) is 0 Å². The van der Waals surface area contributed by atoms with Crippen molar-refractivity contribution in [1.82, 2.24) is 10.6 Å². The predicted octanol–water partition coefficient (Wildman–Crippen LogP) is 2.28. The lowest BCUT2D eigenvalue weighted by Gasteiger charge is -2.13. The summed E-state index contributed by atoms with van der Waals surface area (Å²) >= 11 is 0. The number of methoxy groups -OCH3 is 2. The van der Waals surface area contributed by atoms with Gasteiger partial charge in [-0.3, -0.25) is 9.59 Å². The summed E-state index contributed by atoms with van der Waals surface area (Å²) in [5.74, 6) is 0.168. The van der Waals surface area contributed by atoms with Gasteiger partial charge in [0.1, 0.15) is 0 Å². The number of hydrogen-bond acceptors (Lipinski definition) is 4. The van der Waals surface area contributed by atoms with Crippen LogP contribution in [-0.4, -0.2) is 39.1 Å². The lowest BCUT2D eigenvalue weighted by Crippen LogP contribution is -2.41. The highest BCUT2D eigenvalue weighted by atomic mass is 16.5. The molecule has 0 heterocycles. The largest absolute Gasteiger partial charge is 0.493 e. The topological polar surface area (TPSA) is 76.7 Å². The fourth-order valence-corrected chi connectivity index (χ4v) is 2.66. The molecule has 144 valence electrons. The summed E-state index contributed by atoms with van der Waals surface area (Å²) in [6, 6.07) is 15.4. The third-order valence-corrected chi connectivity index (χ3v) is 4.29. The first-order valence-corrected chi connectivity index (χ1v) is 8.87. The molecular weight excluding hydrogens is 344 g/mol. The summed E-state index contributed by atoms with van der Waals surface area (Å²) in [5.41, 5.74) is 2.10. The Balaban J connectivity index is 1.76. The lowest BCUT2D eigenvalue weighted by atomic mass is 10.0. The van der Waals surface area contributed by atoms with E-state index in [2.05, 4.69) is 10.6 Å². The van der Waals surface area contributed by atoms with Crippen molar-refractivity contribution in [3.05, 3.63) is 59.7 Å². The molecular formula is C21H26N2O4. The zero-order chi connectivity index (χ0) is 19.6. The first-order valence-electron chi connectivity index (χ1n) is 8.87. The highest BCUT2D eigenvalue weighted by Crippen LogP contribution is 2.27. The molecule has 0 spiro atoms. The smallest absolute Gasteiger partial charge is 0.309 e. The Morgan fingerprint density at radius 3 is 2.26 bits per heavy atom. The van der Waals surface area contributed by atoms with E-state index in [9.17, 15) is 9.59 Å². The molecule has 0 aromatic heterocycles. The first-order chi connectivity index (χ1) is 13.0. The highest BCUT2D eigenvalue weighted by molar-refractivity contribution is 6.35. The third kappa shape index (κ3) is 6.02. The van der Waals surface area contributed by atoms with E-state index in [0.717, 1.165) is 11.1 Å². The average Bonchev–Trinajstić information content (AvgIpc) is 2.72. The normalized spacial score (nSPS) is 11.4. The van der Waals surface area contributed by atoms with Gasteiger partial charge in [-0.15, -0.1) is 0 Å².